The summed E-state index contributed by atoms with van der Waals surface area (Å²) in [6, 6.07) is 18.6. The maximum Gasteiger partial charge on any atom is 0.250 e. The van der Waals surface area contributed by atoms with Crippen LogP contribution in [0.2, 0.25) is 5.02 Å². The molecule has 3 aliphatic heterocycles. The predicted molar refractivity (Wildman–Crippen MR) is 252 cm³/mol. The van der Waals surface area contributed by atoms with E-state index in [4.69, 9.17) is 22.1 Å². The Kier molecular flexibility index (Phi) is 15.1. The van der Waals surface area contributed by atoms with E-state index in [1.54, 1.807) is 31.5 Å². The van der Waals surface area contributed by atoms with Crippen molar-refractivity contribution < 1.29 is 23.7 Å². The Morgan fingerprint density at radius 3 is 2.47 bits per heavy atom. The van der Waals surface area contributed by atoms with Crippen molar-refractivity contribution in [1.82, 2.24) is 25.1 Å². The second-order valence-corrected chi connectivity index (χ2v) is 20.5. The Morgan fingerprint density at radius 1 is 1.00 bits per heavy atom. The zero-order chi connectivity index (χ0) is 45.4. The molecular formula is C46H57ClN11O5P. The third kappa shape index (κ3) is 11.5. The topological polar surface area (TPSA) is 211 Å². The van der Waals surface area contributed by atoms with Gasteiger partial charge >= 0.3 is 0 Å². The van der Waals surface area contributed by atoms with E-state index >= 15 is 0 Å². The number of nitrogens with two attached hydrogens (primary N) is 1. The molecule has 4 aromatic rings. The van der Waals surface area contributed by atoms with Gasteiger partial charge in [0, 0.05) is 68.4 Å². The van der Waals surface area contributed by atoms with Crippen LogP contribution in [0, 0.1) is 11.3 Å². The summed E-state index contributed by atoms with van der Waals surface area (Å²) in [5, 5.41) is 22.6. The number of imide groups is 1. The average Bonchev–Trinajstić information content (AvgIpc) is 3.28. The fraction of sp³-hybridized carbons (Fsp3) is 0.435. The third-order valence-electron chi connectivity index (χ3n) is 12.1. The van der Waals surface area contributed by atoms with Crippen LogP contribution >= 0.6 is 18.7 Å². The number of benzene rings is 3. The number of amides is 3. The SMILES string of the molecule is CCc1cc(Nc2ncc(Cl)c(Nc3ccccc3P(C)(C)=O)n2)c(C(N)=O)cc1N1CCC(N2CCN(CCCCOc3ccc(NC4CCC(=O)NC4=O)cc3C#N)CC2)CC1. The molecule has 0 radical (unpaired) electrons. The first-order valence-electron chi connectivity index (χ1n) is 22.0. The largest absolute Gasteiger partial charge is 0.492 e. The van der Waals surface area contributed by atoms with E-state index in [0.717, 1.165) is 89.2 Å². The third-order valence-corrected chi connectivity index (χ3v) is 14.0. The van der Waals surface area contributed by atoms with Gasteiger partial charge in [0.05, 0.1) is 35.3 Å². The molecule has 64 heavy (non-hydrogen) atoms. The molecular weight excluding hydrogens is 853 g/mol. The number of halogens is 1. The van der Waals surface area contributed by atoms with Gasteiger partial charge in [-0.15, -0.1) is 0 Å². The minimum atomic E-state index is -2.60. The van der Waals surface area contributed by atoms with E-state index in [-0.39, 0.29) is 29.2 Å². The second-order valence-electron chi connectivity index (χ2n) is 16.9. The number of piperazine rings is 1. The van der Waals surface area contributed by atoms with Gasteiger partial charge in [-0.3, -0.25) is 24.6 Å². The van der Waals surface area contributed by atoms with Crippen molar-refractivity contribution in [3.63, 3.8) is 0 Å². The number of para-hydroxylation sites is 1. The summed E-state index contributed by atoms with van der Waals surface area (Å²) in [6.45, 7) is 12.8. The fourth-order valence-corrected chi connectivity index (χ4v) is 9.93. The van der Waals surface area contributed by atoms with E-state index in [9.17, 15) is 24.2 Å². The average molecular weight is 910 g/mol. The first-order chi connectivity index (χ1) is 30.8. The molecule has 3 aliphatic rings. The number of ether oxygens (including phenoxy) is 1. The van der Waals surface area contributed by atoms with Gasteiger partial charge < -0.3 is 40.8 Å². The predicted octanol–water partition coefficient (Wildman–Crippen LogP) is 6.06. The van der Waals surface area contributed by atoms with Crippen molar-refractivity contribution in [3.05, 3.63) is 82.5 Å². The highest BCUT2D eigenvalue weighted by atomic mass is 35.5. The smallest absolute Gasteiger partial charge is 0.250 e. The van der Waals surface area contributed by atoms with Crippen LogP contribution in [0.15, 0.2) is 60.8 Å². The van der Waals surface area contributed by atoms with E-state index in [1.807, 2.05) is 36.4 Å². The van der Waals surface area contributed by atoms with E-state index in [2.05, 4.69) is 58.9 Å². The number of unbranched alkanes of at least 4 members (excludes halogenated alkanes) is 1. The molecule has 3 saturated heterocycles. The van der Waals surface area contributed by atoms with Crippen LogP contribution < -0.4 is 41.9 Å². The van der Waals surface area contributed by atoms with E-state index in [0.29, 0.717) is 64.1 Å². The molecule has 338 valence electrons. The molecule has 0 aliphatic carbocycles. The second kappa shape index (κ2) is 20.9. The highest BCUT2D eigenvalue weighted by Gasteiger charge is 2.30. The summed E-state index contributed by atoms with van der Waals surface area (Å²) in [5.74, 6) is -0.112. The monoisotopic (exact) mass is 909 g/mol. The Hall–Kier alpha value is -5.72. The quantitative estimate of drug-likeness (QED) is 0.0464. The number of rotatable bonds is 17. The number of hydrogen-bond donors (Lipinski definition) is 5. The fourth-order valence-electron chi connectivity index (χ4n) is 8.64. The molecule has 1 aromatic heterocycles. The molecule has 7 rings (SSSR count). The molecule has 6 N–H and O–H groups in total. The van der Waals surface area contributed by atoms with Gasteiger partial charge in [-0.1, -0.05) is 30.7 Å². The molecule has 3 aromatic carbocycles. The normalized spacial score (nSPS) is 17.7. The van der Waals surface area contributed by atoms with Gasteiger partial charge in [-0.25, -0.2) is 4.98 Å². The Morgan fingerprint density at radius 2 is 1.77 bits per heavy atom. The number of primary amides is 1. The van der Waals surface area contributed by atoms with Crippen molar-refractivity contribution >= 4 is 76.3 Å². The highest BCUT2D eigenvalue weighted by molar-refractivity contribution is 7.70. The molecule has 4 heterocycles. The van der Waals surface area contributed by atoms with Gasteiger partial charge in [-0.2, -0.15) is 10.2 Å². The number of aryl methyl sites for hydroxylation is 1. The first kappa shape index (κ1) is 46.3. The van der Waals surface area contributed by atoms with Gasteiger partial charge in [0.1, 0.15) is 30.0 Å². The van der Waals surface area contributed by atoms with Gasteiger partial charge in [0.2, 0.25) is 17.8 Å². The number of carbonyl (C=O) groups excluding carboxylic acids is 3. The lowest BCUT2D eigenvalue weighted by Gasteiger charge is -2.43. The molecule has 1 atom stereocenters. The van der Waals surface area contributed by atoms with Crippen LogP contribution in [0.1, 0.15) is 66.9 Å². The number of nitriles is 1. The van der Waals surface area contributed by atoms with E-state index in [1.165, 1.54) is 6.20 Å². The van der Waals surface area contributed by atoms with Crippen LogP contribution in [0.5, 0.6) is 5.75 Å². The summed E-state index contributed by atoms with van der Waals surface area (Å²) in [5.41, 5.74) is 10.6. The first-order valence-corrected chi connectivity index (χ1v) is 24.9. The zero-order valence-electron chi connectivity index (χ0n) is 36.7. The molecule has 3 fully saturated rings. The highest BCUT2D eigenvalue weighted by Crippen LogP contribution is 2.39. The van der Waals surface area contributed by atoms with Crippen LogP contribution in [-0.2, 0) is 20.6 Å². The van der Waals surface area contributed by atoms with Gasteiger partial charge in [0.25, 0.3) is 5.91 Å². The van der Waals surface area contributed by atoms with Crippen molar-refractivity contribution in [3.8, 4) is 11.8 Å². The summed E-state index contributed by atoms with van der Waals surface area (Å²) < 4.78 is 19.0. The minimum absolute atomic E-state index is 0.227. The minimum Gasteiger partial charge on any atom is -0.492 e. The number of piperidine rings is 2. The molecule has 3 amide bonds. The summed E-state index contributed by atoms with van der Waals surface area (Å²) >= 11 is 6.50. The summed E-state index contributed by atoms with van der Waals surface area (Å²) in [6.07, 6.45) is 6.80. The molecule has 1 unspecified atom stereocenters. The zero-order valence-corrected chi connectivity index (χ0v) is 38.3. The molecule has 18 heteroatoms. The summed E-state index contributed by atoms with van der Waals surface area (Å²) in [7, 11) is -2.60. The standard InChI is InChI=1S/C46H57ClN11O5P/c1-4-30-26-38(53-46-50-29-35(47)44(55-46)52-36-9-5-6-10-41(36)64(2,3)62)34(43(49)60)27-39(30)58-18-15-33(16-19-58)57-22-20-56(21-23-57)17-7-8-24-63-40-13-11-32(25-31(40)28-48)51-37-12-14-42(59)54-45(37)61/h5-6,9-11,13,25-27,29,33,37,51H,4,7-8,12,14-24H2,1-3H3,(H2,49,60)(H,54,59,61)(H2,50,52,53,55). The van der Waals surface area contributed by atoms with E-state index < -0.39 is 19.1 Å². The van der Waals surface area contributed by atoms with Crippen molar-refractivity contribution in [2.24, 2.45) is 5.73 Å². The van der Waals surface area contributed by atoms with Crippen molar-refractivity contribution in [1.29, 1.82) is 5.26 Å². The van der Waals surface area contributed by atoms with Crippen LogP contribution in [0.4, 0.5) is 34.5 Å². The van der Waals surface area contributed by atoms with Crippen molar-refractivity contribution in [2.75, 3.05) is 86.6 Å². The Bertz CT molecular complexity index is 2440. The number of hydrogen-bond acceptors (Lipinski definition) is 14. The number of carbonyl (C=O) groups is 3. The van der Waals surface area contributed by atoms with Gasteiger partial charge in [0.15, 0.2) is 5.82 Å². The van der Waals surface area contributed by atoms with Crippen LogP contribution in [-0.4, -0.2) is 115 Å². The number of nitrogens with zero attached hydrogens (tertiary/aromatic N) is 6. The maximum atomic E-state index is 13.0. The number of aromatic nitrogens is 2. The van der Waals surface area contributed by atoms with Crippen LogP contribution in [0.25, 0.3) is 0 Å². The summed E-state index contributed by atoms with van der Waals surface area (Å²) in [4.78, 5) is 53.0. The molecule has 0 bridgehead atoms. The lowest BCUT2D eigenvalue weighted by atomic mass is 9.98. The van der Waals surface area contributed by atoms with Crippen LogP contribution in [0.3, 0.4) is 0 Å². The maximum absolute atomic E-state index is 13.0. The number of anilines is 6. The Balaban J connectivity index is 0.871. The lowest BCUT2D eigenvalue weighted by molar-refractivity contribution is -0.133. The number of nitrogens with one attached hydrogen (secondary N) is 4. The van der Waals surface area contributed by atoms with Crippen molar-refractivity contribution in [2.45, 2.75) is 64.0 Å². The molecule has 16 nitrogen and oxygen atoms in total. The molecule has 0 spiro atoms. The molecule has 0 saturated carbocycles. The lowest BCUT2D eigenvalue weighted by Crippen LogP contribution is -2.53. The van der Waals surface area contributed by atoms with Gasteiger partial charge in [-0.05, 0) is 106 Å². The Labute approximate surface area is 379 Å².